The molecule has 1 rings (SSSR count). The van der Waals surface area contributed by atoms with Crippen LogP contribution in [-0.2, 0) is 4.79 Å². The van der Waals surface area contributed by atoms with E-state index >= 15 is 0 Å². The number of carboxylic acid groups (broad SMARTS) is 1. The summed E-state index contributed by atoms with van der Waals surface area (Å²) < 4.78 is 0. The Morgan fingerprint density at radius 1 is 1.47 bits per heavy atom. The predicted octanol–water partition coefficient (Wildman–Crippen LogP) is 2.32. The summed E-state index contributed by atoms with van der Waals surface area (Å²) >= 11 is 1.30. The first kappa shape index (κ1) is 15.6. The molecule has 0 saturated carbocycles. The van der Waals surface area contributed by atoms with Crippen molar-refractivity contribution in [1.82, 2.24) is 10.3 Å². The van der Waals surface area contributed by atoms with Crippen molar-refractivity contribution >= 4 is 23.2 Å². The zero-order valence-electron chi connectivity index (χ0n) is 11.5. The van der Waals surface area contributed by atoms with E-state index in [1.54, 1.807) is 12.4 Å². The van der Waals surface area contributed by atoms with Crippen LogP contribution in [0.4, 0.5) is 0 Å². The second-order valence-electron chi connectivity index (χ2n) is 5.07. The van der Waals surface area contributed by atoms with Gasteiger partial charge in [0.15, 0.2) is 0 Å². The summed E-state index contributed by atoms with van der Waals surface area (Å²) in [7, 11) is 0. The summed E-state index contributed by atoms with van der Waals surface area (Å²) in [5.74, 6) is -0.617. The van der Waals surface area contributed by atoms with Crippen LogP contribution in [0.3, 0.4) is 0 Å². The van der Waals surface area contributed by atoms with Crippen LogP contribution >= 0.6 is 11.3 Å². The van der Waals surface area contributed by atoms with Crippen molar-refractivity contribution in [3.8, 4) is 0 Å². The first-order chi connectivity index (χ1) is 8.90. The summed E-state index contributed by atoms with van der Waals surface area (Å²) in [6, 6.07) is 0. The summed E-state index contributed by atoms with van der Waals surface area (Å²) in [6.07, 6.45) is 0.869. The van der Waals surface area contributed by atoms with Gasteiger partial charge in [-0.25, -0.2) is 4.98 Å². The van der Waals surface area contributed by atoms with Crippen LogP contribution in [0.15, 0.2) is 5.51 Å². The Bertz CT molecular complexity index is 443. The van der Waals surface area contributed by atoms with Crippen LogP contribution in [0.2, 0.25) is 0 Å². The molecule has 1 heterocycles. The molecule has 0 aliphatic heterocycles. The highest BCUT2D eigenvalue weighted by Crippen LogP contribution is 2.16. The van der Waals surface area contributed by atoms with E-state index in [-0.39, 0.29) is 18.2 Å². The van der Waals surface area contributed by atoms with Crippen molar-refractivity contribution in [3.05, 3.63) is 16.1 Å². The lowest BCUT2D eigenvalue weighted by molar-refractivity contribution is -0.138. The third kappa shape index (κ3) is 5.38. The molecular weight excluding hydrogens is 264 g/mol. The number of hydrogen-bond acceptors (Lipinski definition) is 4. The third-order valence-electron chi connectivity index (χ3n) is 2.77. The first-order valence-electron chi connectivity index (χ1n) is 6.30. The Labute approximate surface area is 117 Å². The molecule has 0 spiro atoms. The number of hydrogen-bond donors (Lipinski definition) is 2. The molecule has 106 valence electrons. The van der Waals surface area contributed by atoms with E-state index in [0.717, 1.165) is 6.42 Å². The number of carbonyl (C=O) groups is 2. The van der Waals surface area contributed by atoms with Crippen LogP contribution in [0.5, 0.6) is 0 Å². The van der Waals surface area contributed by atoms with Gasteiger partial charge < -0.3 is 10.4 Å². The number of nitrogens with zero attached hydrogens (tertiary/aromatic N) is 1. The van der Waals surface area contributed by atoms with Crippen LogP contribution in [0.1, 0.15) is 42.1 Å². The fraction of sp³-hybridized carbons (Fsp3) is 0.615. The smallest absolute Gasteiger partial charge is 0.303 e. The van der Waals surface area contributed by atoms with Gasteiger partial charge in [-0.15, -0.1) is 11.3 Å². The molecule has 0 aliphatic rings. The highest BCUT2D eigenvalue weighted by molar-refractivity contribution is 7.11. The van der Waals surface area contributed by atoms with Crippen LogP contribution in [-0.4, -0.2) is 28.5 Å². The Hall–Kier alpha value is -1.43. The largest absolute Gasteiger partial charge is 0.481 e. The maximum atomic E-state index is 11.9. The number of rotatable bonds is 7. The molecule has 0 bridgehead atoms. The number of amides is 1. The summed E-state index contributed by atoms with van der Waals surface area (Å²) in [5.41, 5.74) is 2.34. The Kier molecular flexibility index (Phi) is 5.95. The van der Waals surface area contributed by atoms with Gasteiger partial charge in [0.05, 0.1) is 11.2 Å². The lowest BCUT2D eigenvalue weighted by atomic mass is 9.94. The number of carboxylic acids is 1. The minimum atomic E-state index is -0.825. The fourth-order valence-electron chi connectivity index (χ4n) is 1.99. The van der Waals surface area contributed by atoms with E-state index in [2.05, 4.69) is 10.3 Å². The van der Waals surface area contributed by atoms with Crippen molar-refractivity contribution in [2.75, 3.05) is 6.54 Å². The molecule has 1 unspecified atom stereocenters. The minimum absolute atomic E-state index is 0.0327. The molecule has 6 heteroatoms. The highest BCUT2D eigenvalue weighted by Gasteiger charge is 2.18. The van der Waals surface area contributed by atoms with Gasteiger partial charge in [-0.05, 0) is 25.2 Å². The molecule has 0 radical (unpaired) electrons. The van der Waals surface area contributed by atoms with Gasteiger partial charge in [-0.3, -0.25) is 9.59 Å². The molecule has 0 aliphatic carbocycles. The molecule has 0 aromatic carbocycles. The molecule has 5 nitrogen and oxygen atoms in total. The Morgan fingerprint density at radius 3 is 2.63 bits per heavy atom. The quantitative estimate of drug-likeness (QED) is 0.805. The van der Waals surface area contributed by atoms with Gasteiger partial charge in [-0.2, -0.15) is 0 Å². The molecule has 1 aromatic rings. The summed E-state index contributed by atoms with van der Waals surface area (Å²) in [5, 5.41) is 11.7. The van der Waals surface area contributed by atoms with Gasteiger partial charge in [-0.1, -0.05) is 13.8 Å². The molecule has 19 heavy (non-hydrogen) atoms. The van der Waals surface area contributed by atoms with Crippen molar-refractivity contribution in [2.45, 2.75) is 33.6 Å². The first-order valence-corrected chi connectivity index (χ1v) is 7.18. The topological polar surface area (TPSA) is 79.3 Å². The van der Waals surface area contributed by atoms with Crippen LogP contribution < -0.4 is 5.32 Å². The molecule has 1 aromatic heterocycles. The van der Waals surface area contributed by atoms with E-state index in [1.165, 1.54) is 11.3 Å². The van der Waals surface area contributed by atoms with Crippen molar-refractivity contribution in [1.29, 1.82) is 0 Å². The van der Waals surface area contributed by atoms with Gasteiger partial charge in [0.2, 0.25) is 0 Å². The number of aryl methyl sites for hydroxylation is 1. The lowest BCUT2D eigenvalue weighted by Gasteiger charge is -2.17. The van der Waals surface area contributed by atoms with Gasteiger partial charge in [0.25, 0.3) is 5.91 Å². The SMILES string of the molecule is Cc1ncsc1C(=O)NCC(CC(=O)O)CC(C)C. The Morgan fingerprint density at radius 2 is 2.16 bits per heavy atom. The van der Waals surface area contributed by atoms with Crippen molar-refractivity contribution < 1.29 is 14.7 Å². The normalized spacial score (nSPS) is 12.4. The van der Waals surface area contributed by atoms with E-state index in [9.17, 15) is 9.59 Å². The van der Waals surface area contributed by atoms with E-state index in [4.69, 9.17) is 5.11 Å². The summed E-state index contributed by atoms with van der Waals surface area (Å²) in [4.78, 5) is 27.3. The maximum absolute atomic E-state index is 11.9. The van der Waals surface area contributed by atoms with E-state index < -0.39 is 5.97 Å². The Balaban J connectivity index is 2.53. The van der Waals surface area contributed by atoms with Gasteiger partial charge in [0.1, 0.15) is 4.88 Å². The fourth-order valence-corrected chi connectivity index (χ4v) is 2.71. The number of carbonyl (C=O) groups excluding carboxylic acids is 1. The second-order valence-corrected chi connectivity index (χ2v) is 5.93. The monoisotopic (exact) mass is 284 g/mol. The minimum Gasteiger partial charge on any atom is -0.481 e. The molecule has 0 saturated heterocycles. The molecule has 1 atom stereocenters. The second kappa shape index (κ2) is 7.23. The average molecular weight is 284 g/mol. The summed E-state index contributed by atoms with van der Waals surface area (Å²) in [6.45, 7) is 6.27. The maximum Gasteiger partial charge on any atom is 0.303 e. The van der Waals surface area contributed by atoms with E-state index in [0.29, 0.717) is 23.0 Å². The zero-order chi connectivity index (χ0) is 14.4. The molecular formula is C13H20N2O3S. The zero-order valence-corrected chi connectivity index (χ0v) is 12.3. The standard InChI is InChI=1S/C13H20N2O3S/c1-8(2)4-10(5-11(16)17)6-14-13(18)12-9(3)15-7-19-12/h7-8,10H,4-6H2,1-3H3,(H,14,18)(H,16,17). The van der Waals surface area contributed by atoms with Gasteiger partial charge >= 0.3 is 5.97 Å². The third-order valence-corrected chi connectivity index (χ3v) is 3.70. The number of nitrogens with one attached hydrogen (secondary N) is 1. The average Bonchev–Trinajstić information content (AvgIpc) is 2.70. The number of aliphatic carboxylic acids is 1. The van der Waals surface area contributed by atoms with Crippen LogP contribution in [0.25, 0.3) is 0 Å². The molecule has 1 amide bonds. The highest BCUT2D eigenvalue weighted by atomic mass is 32.1. The van der Waals surface area contributed by atoms with Crippen LogP contribution in [0, 0.1) is 18.8 Å². The lowest BCUT2D eigenvalue weighted by Crippen LogP contribution is -2.31. The predicted molar refractivity (Wildman–Crippen MR) is 74.4 cm³/mol. The molecule has 0 fully saturated rings. The number of aromatic nitrogens is 1. The number of thiazole rings is 1. The van der Waals surface area contributed by atoms with Gasteiger partial charge in [0, 0.05) is 13.0 Å². The van der Waals surface area contributed by atoms with E-state index in [1.807, 2.05) is 13.8 Å². The van der Waals surface area contributed by atoms with Crippen molar-refractivity contribution in [2.24, 2.45) is 11.8 Å². The van der Waals surface area contributed by atoms with Crippen molar-refractivity contribution in [3.63, 3.8) is 0 Å². The molecule has 2 N–H and O–H groups in total.